The van der Waals surface area contributed by atoms with Crippen LogP contribution in [0.15, 0.2) is 6.20 Å². The van der Waals surface area contributed by atoms with Crippen LogP contribution in [0.4, 0.5) is 4.79 Å². The Labute approximate surface area is 123 Å². The van der Waals surface area contributed by atoms with Crippen LogP contribution in [0.3, 0.4) is 0 Å². The van der Waals surface area contributed by atoms with E-state index in [1.807, 2.05) is 0 Å². The number of nitrogens with zero attached hydrogens (tertiary/aromatic N) is 1. The van der Waals surface area contributed by atoms with Crippen molar-refractivity contribution in [3.8, 4) is 11.8 Å². The van der Waals surface area contributed by atoms with Gasteiger partial charge in [0.25, 0.3) is 0 Å². The summed E-state index contributed by atoms with van der Waals surface area (Å²) in [4.78, 5) is 22.7. The standard InChI is InChI=1S/C14H19N3O4/c1-14(2,3)21-13(19)15-8-6-5-7-10-9-16-17-11(10)12(18)20-4/h9H,6,8H2,1-4H3,(H,15,19)(H,16,17). The predicted octanol–water partition coefficient (Wildman–Crippen LogP) is 1.46. The summed E-state index contributed by atoms with van der Waals surface area (Å²) < 4.78 is 9.67. The van der Waals surface area contributed by atoms with Gasteiger partial charge in [0, 0.05) is 13.0 Å². The second-order valence-electron chi connectivity index (χ2n) is 5.13. The minimum atomic E-state index is -0.526. The number of aromatic amines is 1. The molecule has 7 heteroatoms. The maximum Gasteiger partial charge on any atom is 0.407 e. The molecular formula is C14H19N3O4. The monoisotopic (exact) mass is 293 g/mol. The molecule has 21 heavy (non-hydrogen) atoms. The lowest BCUT2D eigenvalue weighted by molar-refractivity contribution is 0.0527. The van der Waals surface area contributed by atoms with Crippen LogP contribution in [0.2, 0.25) is 0 Å². The number of amides is 1. The quantitative estimate of drug-likeness (QED) is 0.500. The largest absolute Gasteiger partial charge is 0.464 e. The molecule has 1 rings (SSSR count). The lowest BCUT2D eigenvalue weighted by atomic mass is 10.2. The predicted molar refractivity (Wildman–Crippen MR) is 75.7 cm³/mol. The molecule has 1 aromatic heterocycles. The van der Waals surface area contributed by atoms with E-state index < -0.39 is 17.7 Å². The Hall–Kier alpha value is -2.49. The lowest BCUT2D eigenvalue weighted by Gasteiger charge is -2.19. The number of hydrogen-bond donors (Lipinski definition) is 2. The number of esters is 1. The number of nitrogens with one attached hydrogen (secondary N) is 2. The highest BCUT2D eigenvalue weighted by Gasteiger charge is 2.15. The minimum absolute atomic E-state index is 0.213. The Bertz CT molecular complexity index is 561. The van der Waals surface area contributed by atoms with Crippen molar-refractivity contribution in [1.82, 2.24) is 15.5 Å². The zero-order valence-corrected chi connectivity index (χ0v) is 12.6. The summed E-state index contributed by atoms with van der Waals surface area (Å²) in [6, 6.07) is 0. The van der Waals surface area contributed by atoms with E-state index >= 15 is 0 Å². The van der Waals surface area contributed by atoms with E-state index in [4.69, 9.17) is 4.74 Å². The number of carbonyl (C=O) groups is 2. The molecule has 0 atom stereocenters. The highest BCUT2D eigenvalue weighted by atomic mass is 16.6. The fourth-order valence-corrected chi connectivity index (χ4v) is 1.34. The van der Waals surface area contributed by atoms with E-state index in [1.54, 1.807) is 20.8 Å². The molecule has 1 aromatic rings. The van der Waals surface area contributed by atoms with Gasteiger partial charge in [-0.15, -0.1) is 0 Å². The smallest absolute Gasteiger partial charge is 0.407 e. The first-order chi connectivity index (χ1) is 9.83. The molecule has 0 saturated carbocycles. The number of H-pyrrole nitrogens is 1. The molecule has 0 saturated heterocycles. The SMILES string of the molecule is COC(=O)c1[nH]ncc1C#CCCNC(=O)OC(C)(C)C. The van der Waals surface area contributed by atoms with Crippen LogP contribution in [0.5, 0.6) is 0 Å². The van der Waals surface area contributed by atoms with Crippen molar-refractivity contribution in [3.05, 3.63) is 17.5 Å². The molecule has 0 radical (unpaired) electrons. The third-order valence-electron chi connectivity index (χ3n) is 2.17. The van der Waals surface area contributed by atoms with Crippen LogP contribution in [0.25, 0.3) is 0 Å². The van der Waals surface area contributed by atoms with Crippen LogP contribution in [-0.4, -0.2) is 41.5 Å². The van der Waals surface area contributed by atoms with E-state index in [9.17, 15) is 9.59 Å². The van der Waals surface area contributed by atoms with Gasteiger partial charge in [0.2, 0.25) is 0 Å². The van der Waals surface area contributed by atoms with E-state index in [1.165, 1.54) is 13.3 Å². The van der Waals surface area contributed by atoms with E-state index in [0.29, 0.717) is 18.5 Å². The molecular weight excluding hydrogens is 274 g/mol. The van der Waals surface area contributed by atoms with Gasteiger partial charge in [-0.2, -0.15) is 5.10 Å². The molecule has 2 N–H and O–H groups in total. The third kappa shape index (κ3) is 5.99. The minimum Gasteiger partial charge on any atom is -0.464 e. The van der Waals surface area contributed by atoms with Gasteiger partial charge in [0.1, 0.15) is 5.60 Å². The number of ether oxygens (including phenoxy) is 2. The average Bonchev–Trinajstić information content (AvgIpc) is 2.83. The number of methoxy groups -OCH3 is 1. The molecule has 1 heterocycles. The molecule has 0 fully saturated rings. The normalized spacial score (nSPS) is 10.3. The average molecular weight is 293 g/mol. The fraction of sp³-hybridized carbons (Fsp3) is 0.500. The lowest BCUT2D eigenvalue weighted by Crippen LogP contribution is -2.32. The Morgan fingerprint density at radius 2 is 2.14 bits per heavy atom. The van der Waals surface area contributed by atoms with Crippen molar-refractivity contribution in [1.29, 1.82) is 0 Å². The van der Waals surface area contributed by atoms with Gasteiger partial charge in [-0.1, -0.05) is 11.8 Å². The maximum absolute atomic E-state index is 11.4. The highest BCUT2D eigenvalue weighted by Crippen LogP contribution is 2.06. The van der Waals surface area contributed by atoms with Crippen molar-refractivity contribution < 1.29 is 19.1 Å². The summed E-state index contributed by atoms with van der Waals surface area (Å²) in [6.45, 7) is 5.73. The zero-order valence-electron chi connectivity index (χ0n) is 12.6. The molecule has 0 spiro atoms. The van der Waals surface area contributed by atoms with Crippen molar-refractivity contribution in [2.45, 2.75) is 32.8 Å². The number of aromatic nitrogens is 2. The molecule has 0 aliphatic heterocycles. The Kier molecular flexibility index (Phi) is 5.79. The van der Waals surface area contributed by atoms with Gasteiger partial charge in [0.15, 0.2) is 5.69 Å². The highest BCUT2D eigenvalue weighted by molar-refractivity contribution is 5.89. The Balaban J connectivity index is 2.43. The van der Waals surface area contributed by atoms with Crippen LogP contribution in [0, 0.1) is 11.8 Å². The van der Waals surface area contributed by atoms with Gasteiger partial charge in [0.05, 0.1) is 18.9 Å². The number of carbonyl (C=O) groups excluding carboxylic acids is 2. The topological polar surface area (TPSA) is 93.3 Å². The van der Waals surface area contributed by atoms with E-state index in [0.717, 1.165) is 0 Å². The summed E-state index contributed by atoms with van der Waals surface area (Å²) in [5, 5.41) is 8.85. The van der Waals surface area contributed by atoms with Gasteiger partial charge in [-0.05, 0) is 20.8 Å². The first-order valence-electron chi connectivity index (χ1n) is 6.41. The van der Waals surface area contributed by atoms with Crippen LogP contribution >= 0.6 is 0 Å². The summed E-state index contributed by atoms with van der Waals surface area (Å²) in [5.41, 5.74) is 0.145. The summed E-state index contributed by atoms with van der Waals surface area (Å²) in [5.74, 6) is 5.11. The summed E-state index contributed by atoms with van der Waals surface area (Å²) in [7, 11) is 1.28. The van der Waals surface area contributed by atoms with Gasteiger partial charge >= 0.3 is 12.1 Å². The maximum atomic E-state index is 11.4. The number of hydrogen-bond acceptors (Lipinski definition) is 5. The molecule has 7 nitrogen and oxygen atoms in total. The van der Waals surface area contributed by atoms with E-state index in [2.05, 4.69) is 32.1 Å². The summed E-state index contributed by atoms with van der Waals surface area (Å²) in [6.07, 6.45) is 1.38. The fourth-order valence-electron chi connectivity index (χ4n) is 1.34. The van der Waals surface area contributed by atoms with E-state index in [-0.39, 0.29) is 5.69 Å². The van der Waals surface area contributed by atoms with Crippen LogP contribution < -0.4 is 5.32 Å². The molecule has 0 aliphatic carbocycles. The van der Waals surface area contributed by atoms with Crippen molar-refractivity contribution in [3.63, 3.8) is 0 Å². The van der Waals surface area contributed by atoms with Crippen LogP contribution in [0.1, 0.15) is 43.2 Å². The zero-order chi connectivity index (χ0) is 15.9. The molecule has 0 unspecified atom stereocenters. The van der Waals surface area contributed by atoms with Gasteiger partial charge in [-0.3, -0.25) is 5.10 Å². The molecule has 0 aromatic carbocycles. The second-order valence-corrected chi connectivity index (χ2v) is 5.13. The van der Waals surface area contributed by atoms with Crippen molar-refractivity contribution in [2.24, 2.45) is 0 Å². The first-order valence-corrected chi connectivity index (χ1v) is 6.41. The van der Waals surface area contributed by atoms with Crippen molar-refractivity contribution in [2.75, 3.05) is 13.7 Å². The Morgan fingerprint density at radius 1 is 1.43 bits per heavy atom. The molecule has 114 valence electrons. The van der Waals surface area contributed by atoms with Crippen LogP contribution in [-0.2, 0) is 9.47 Å². The van der Waals surface area contributed by atoms with Gasteiger partial charge in [-0.25, -0.2) is 9.59 Å². The number of alkyl carbamates (subject to hydrolysis) is 1. The van der Waals surface area contributed by atoms with Gasteiger partial charge < -0.3 is 14.8 Å². The van der Waals surface area contributed by atoms with Crippen molar-refractivity contribution >= 4 is 12.1 Å². The first kappa shape index (κ1) is 16.6. The second kappa shape index (κ2) is 7.33. The molecule has 0 aliphatic rings. The molecule has 1 amide bonds. The Morgan fingerprint density at radius 3 is 2.76 bits per heavy atom. The molecule has 0 bridgehead atoms. The number of rotatable bonds is 3. The third-order valence-corrected chi connectivity index (χ3v) is 2.17. The summed E-state index contributed by atoms with van der Waals surface area (Å²) >= 11 is 0.